The number of hydrogen-bond acceptors (Lipinski definition) is 3. The third-order valence-corrected chi connectivity index (χ3v) is 9.31. The van der Waals surface area contributed by atoms with Crippen molar-refractivity contribution in [2.75, 3.05) is 0 Å². The van der Waals surface area contributed by atoms with E-state index in [4.69, 9.17) is 69.6 Å². The highest BCUT2D eigenvalue weighted by atomic mass is 35.5. The first-order valence-electron chi connectivity index (χ1n) is 7.17. The van der Waals surface area contributed by atoms with Gasteiger partial charge in [0, 0.05) is 6.20 Å². The minimum Gasteiger partial charge on any atom is -0.276 e. The Balaban J connectivity index is 1.81. The molecular formula is C15H8Cl6N2O2. The summed E-state index contributed by atoms with van der Waals surface area (Å²) in [5.74, 6) is -3.31. The monoisotopic (exact) mass is 458 g/mol. The second-order valence-corrected chi connectivity index (χ2v) is 9.44. The van der Waals surface area contributed by atoms with Crippen LogP contribution in [-0.2, 0) is 16.1 Å². The molecule has 1 saturated heterocycles. The molecule has 0 spiro atoms. The van der Waals surface area contributed by atoms with Gasteiger partial charge in [-0.2, -0.15) is 0 Å². The molecule has 1 aromatic heterocycles. The zero-order valence-electron chi connectivity index (χ0n) is 12.1. The number of fused-ring (bicyclic) bond motifs is 5. The lowest BCUT2D eigenvalue weighted by atomic mass is 9.84. The number of imide groups is 1. The van der Waals surface area contributed by atoms with E-state index in [1.165, 1.54) is 0 Å². The Morgan fingerprint density at radius 1 is 0.960 bits per heavy atom. The smallest absolute Gasteiger partial charge is 0.235 e. The van der Waals surface area contributed by atoms with Gasteiger partial charge in [0.1, 0.15) is 9.75 Å². The van der Waals surface area contributed by atoms with E-state index >= 15 is 0 Å². The summed E-state index contributed by atoms with van der Waals surface area (Å²) in [5, 5.41) is -0.198. The normalized spacial score (nSPS) is 38.7. The van der Waals surface area contributed by atoms with Gasteiger partial charge in [0.05, 0.1) is 34.1 Å². The van der Waals surface area contributed by atoms with Crippen LogP contribution in [0.15, 0.2) is 34.5 Å². The fourth-order valence-electron chi connectivity index (χ4n) is 3.86. The van der Waals surface area contributed by atoms with Crippen molar-refractivity contribution in [1.82, 2.24) is 9.88 Å². The van der Waals surface area contributed by atoms with E-state index in [1.807, 2.05) is 0 Å². The maximum Gasteiger partial charge on any atom is 0.235 e. The topological polar surface area (TPSA) is 50.3 Å². The number of aromatic nitrogens is 1. The minimum atomic E-state index is -1.91. The fraction of sp³-hybridized carbons (Fsp3) is 0.400. The molecule has 2 heterocycles. The zero-order chi connectivity index (χ0) is 18.4. The van der Waals surface area contributed by atoms with Crippen LogP contribution in [0, 0.1) is 11.8 Å². The van der Waals surface area contributed by atoms with Crippen LogP contribution >= 0.6 is 69.6 Å². The van der Waals surface area contributed by atoms with Crippen molar-refractivity contribution in [3.63, 3.8) is 0 Å². The average Bonchev–Trinajstić information content (AvgIpc) is 2.95. The molecule has 0 N–H and O–H groups in total. The Labute approximate surface area is 172 Å². The molecule has 2 amide bonds. The molecule has 2 bridgehead atoms. The molecule has 2 unspecified atom stereocenters. The maximum absolute atomic E-state index is 13.0. The summed E-state index contributed by atoms with van der Waals surface area (Å²) in [6.45, 7) is -0.0156. The second-order valence-electron chi connectivity index (χ2n) is 6.16. The molecule has 1 aromatic rings. The first-order valence-corrected chi connectivity index (χ1v) is 9.44. The van der Waals surface area contributed by atoms with Gasteiger partial charge in [-0.3, -0.25) is 19.5 Å². The van der Waals surface area contributed by atoms with Crippen molar-refractivity contribution in [3.05, 3.63) is 40.2 Å². The van der Waals surface area contributed by atoms with E-state index in [0.29, 0.717) is 5.69 Å². The lowest BCUT2D eigenvalue weighted by Gasteiger charge is -2.34. The largest absolute Gasteiger partial charge is 0.276 e. The zero-order valence-corrected chi connectivity index (χ0v) is 16.7. The summed E-state index contributed by atoms with van der Waals surface area (Å²) in [6, 6.07) is 5.18. The number of rotatable bonds is 2. The Bertz CT molecular complexity index is 798. The molecule has 4 nitrogen and oxygen atoms in total. The van der Waals surface area contributed by atoms with Crippen LogP contribution < -0.4 is 0 Å². The lowest BCUT2D eigenvalue weighted by molar-refractivity contribution is -0.141. The number of carbonyl (C=O) groups excluding carboxylic acids is 2. The van der Waals surface area contributed by atoms with Crippen LogP contribution in [-0.4, -0.2) is 35.8 Å². The van der Waals surface area contributed by atoms with Crippen LogP contribution in [0.25, 0.3) is 0 Å². The Hall–Kier alpha value is -0.230. The number of halogens is 6. The molecule has 4 rings (SSSR count). The molecule has 10 heteroatoms. The summed E-state index contributed by atoms with van der Waals surface area (Å²) >= 11 is 38.5. The number of pyridine rings is 1. The Morgan fingerprint density at radius 2 is 1.48 bits per heavy atom. The molecule has 132 valence electrons. The lowest BCUT2D eigenvalue weighted by Crippen LogP contribution is -2.49. The highest BCUT2D eigenvalue weighted by molar-refractivity contribution is 6.66. The van der Waals surface area contributed by atoms with Gasteiger partial charge in [0.15, 0.2) is 4.33 Å². The van der Waals surface area contributed by atoms with Crippen LogP contribution in [0.1, 0.15) is 5.69 Å². The first kappa shape index (κ1) is 18.1. The van der Waals surface area contributed by atoms with E-state index in [2.05, 4.69) is 4.98 Å². The van der Waals surface area contributed by atoms with Crippen LogP contribution in [0.3, 0.4) is 0 Å². The quantitative estimate of drug-likeness (QED) is 0.494. The van der Waals surface area contributed by atoms with E-state index < -0.39 is 37.7 Å². The van der Waals surface area contributed by atoms with E-state index in [9.17, 15) is 9.59 Å². The third kappa shape index (κ3) is 1.86. The van der Waals surface area contributed by atoms with Gasteiger partial charge in [-0.1, -0.05) is 52.5 Å². The molecule has 3 aliphatic rings. The van der Waals surface area contributed by atoms with Gasteiger partial charge < -0.3 is 0 Å². The van der Waals surface area contributed by atoms with Gasteiger partial charge in [0.2, 0.25) is 11.8 Å². The van der Waals surface area contributed by atoms with Gasteiger partial charge in [-0.15, -0.1) is 23.2 Å². The number of alkyl halides is 4. The van der Waals surface area contributed by atoms with E-state index in [1.54, 1.807) is 24.4 Å². The highest BCUT2D eigenvalue weighted by Crippen LogP contribution is 2.77. The molecule has 25 heavy (non-hydrogen) atoms. The maximum atomic E-state index is 13.0. The van der Waals surface area contributed by atoms with Crippen molar-refractivity contribution in [2.24, 2.45) is 11.8 Å². The standard InChI is InChI=1S/C15H8Cl6N2O2/c16-9-10(17)14(19)8-7(13(9,18)15(14,20)21)11(24)23(12(8)25)5-6-3-1-2-4-22-6/h1-4,7-8H,5H2/t7-,8+,13?,14?. The highest BCUT2D eigenvalue weighted by Gasteiger charge is 2.87. The third-order valence-electron chi connectivity index (χ3n) is 5.05. The van der Waals surface area contributed by atoms with Gasteiger partial charge in [-0.05, 0) is 12.1 Å². The van der Waals surface area contributed by atoms with Gasteiger partial charge in [-0.25, -0.2) is 0 Å². The summed E-state index contributed by atoms with van der Waals surface area (Å²) in [7, 11) is 0. The van der Waals surface area contributed by atoms with Gasteiger partial charge in [0.25, 0.3) is 0 Å². The predicted molar refractivity (Wildman–Crippen MR) is 97.1 cm³/mol. The molecule has 0 aromatic carbocycles. The molecular weight excluding hydrogens is 453 g/mol. The number of likely N-dealkylation sites (tertiary alicyclic amines) is 1. The number of amides is 2. The summed E-state index contributed by atoms with van der Waals surface area (Å²) in [5.41, 5.74) is 0.539. The summed E-state index contributed by atoms with van der Waals surface area (Å²) < 4.78 is -1.91. The number of carbonyl (C=O) groups is 2. The molecule has 2 aliphatic carbocycles. The number of allylic oxidation sites excluding steroid dienone is 2. The molecule has 0 radical (unpaired) electrons. The second kappa shape index (κ2) is 5.40. The molecule has 4 atom stereocenters. The van der Waals surface area contributed by atoms with Crippen LogP contribution in [0.5, 0.6) is 0 Å². The molecule has 1 saturated carbocycles. The van der Waals surface area contributed by atoms with Crippen LogP contribution in [0.2, 0.25) is 0 Å². The average molecular weight is 461 g/mol. The van der Waals surface area contributed by atoms with E-state index in [-0.39, 0.29) is 16.6 Å². The number of hydrogen-bond donors (Lipinski definition) is 0. The van der Waals surface area contributed by atoms with Crippen LogP contribution in [0.4, 0.5) is 0 Å². The fourth-order valence-corrected chi connectivity index (χ4v) is 6.79. The summed E-state index contributed by atoms with van der Waals surface area (Å²) in [6.07, 6.45) is 1.56. The molecule has 2 fully saturated rings. The Morgan fingerprint density at radius 3 is 1.92 bits per heavy atom. The van der Waals surface area contributed by atoms with Crippen molar-refractivity contribution >= 4 is 81.4 Å². The minimum absolute atomic E-state index is 0.0156. The van der Waals surface area contributed by atoms with Crippen molar-refractivity contribution in [1.29, 1.82) is 0 Å². The van der Waals surface area contributed by atoms with Crippen molar-refractivity contribution in [3.8, 4) is 0 Å². The number of nitrogens with zero attached hydrogens (tertiary/aromatic N) is 2. The predicted octanol–water partition coefficient (Wildman–Crippen LogP) is 4.03. The van der Waals surface area contributed by atoms with Crippen molar-refractivity contribution in [2.45, 2.75) is 20.6 Å². The SMILES string of the molecule is O=C1[C@@H]2[C@H](C(=O)N1Cc1ccccn1)C1(Cl)C(Cl)=C(Cl)C2(Cl)C1(Cl)Cl. The summed E-state index contributed by atoms with van der Waals surface area (Å²) in [4.78, 5) is 27.6. The van der Waals surface area contributed by atoms with E-state index in [0.717, 1.165) is 4.90 Å². The first-order chi connectivity index (χ1) is 11.6. The molecule has 1 aliphatic heterocycles. The van der Waals surface area contributed by atoms with Crippen molar-refractivity contribution < 1.29 is 9.59 Å². The van der Waals surface area contributed by atoms with Gasteiger partial charge >= 0.3 is 0 Å². The Kier molecular flexibility index (Phi) is 3.92.